The first-order chi connectivity index (χ1) is 18.6. The summed E-state index contributed by atoms with van der Waals surface area (Å²) in [5.41, 5.74) is 0.909. The van der Waals surface area contributed by atoms with Gasteiger partial charge in [0.15, 0.2) is 0 Å². The van der Waals surface area contributed by atoms with Crippen LogP contribution in [0.4, 0.5) is 0 Å². The molecule has 0 saturated heterocycles. The first kappa shape index (κ1) is 17.6. The Bertz CT molecular complexity index is 1340. The van der Waals surface area contributed by atoms with Gasteiger partial charge in [0, 0.05) is 61.0 Å². The summed E-state index contributed by atoms with van der Waals surface area (Å²) >= 11 is 1.24. The van der Waals surface area contributed by atoms with Crippen LogP contribution in [0.15, 0.2) is 115 Å². The second kappa shape index (κ2) is 14.3. The second-order valence-corrected chi connectivity index (χ2v) is 7.53. The van der Waals surface area contributed by atoms with Gasteiger partial charge in [-0.1, -0.05) is 29.9 Å². The Morgan fingerprint density at radius 1 is 1.15 bits per heavy atom. The zero-order chi connectivity index (χ0) is 28.6. The van der Waals surface area contributed by atoms with Crippen LogP contribution in [-0.2, 0) is 20.1 Å². The number of hydrogen-bond donors (Lipinski definition) is 0. The largest absolute Gasteiger partial charge is 0.351 e. The molecule has 169 valence electrons. The molecule has 1 aromatic carbocycles. The zero-order valence-electron chi connectivity index (χ0n) is 24.5. The van der Waals surface area contributed by atoms with Crippen LogP contribution in [0, 0.1) is 19.5 Å². The monoisotopic (exact) mass is 635 g/mol. The summed E-state index contributed by atoms with van der Waals surface area (Å²) in [5, 5.41) is 0.0612. The summed E-state index contributed by atoms with van der Waals surface area (Å²) < 4.78 is 53.7. The van der Waals surface area contributed by atoms with Gasteiger partial charge in [-0.3, -0.25) is 11.6 Å². The van der Waals surface area contributed by atoms with Gasteiger partial charge in [0.2, 0.25) is 0 Å². The molecule has 0 fully saturated rings. The molecular weight excluding hydrogens is 603 g/mol. The Morgan fingerprint density at radius 3 is 2.45 bits per heavy atom. The molecule has 0 bridgehead atoms. The van der Waals surface area contributed by atoms with E-state index in [9.17, 15) is 0 Å². The molecule has 1 radical (unpaired) electrons. The number of hydrogen-bond acceptors (Lipinski definition) is 4. The molecule has 3 nitrogen and oxygen atoms in total. The third-order valence-electron chi connectivity index (χ3n) is 4.29. The van der Waals surface area contributed by atoms with Crippen molar-refractivity contribution in [2.75, 3.05) is 0 Å². The summed E-state index contributed by atoms with van der Waals surface area (Å²) in [5.74, 6) is -0.289. The third-order valence-corrected chi connectivity index (χ3v) is 5.64. The minimum absolute atomic E-state index is 0. The normalized spacial score (nSPS) is 18.7. The van der Waals surface area contributed by atoms with Crippen LogP contribution in [-0.4, -0.2) is 20.2 Å². The molecule has 4 aromatic rings. The molecule has 1 aliphatic rings. The predicted molar refractivity (Wildman–Crippen MR) is 133 cm³/mol. The smallest absolute Gasteiger partial charge is 0.101 e. The van der Waals surface area contributed by atoms with Gasteiger partial charge in [0.1, 0.15) is 5.03 Å². The molecular formula is C28H25IrN3S-2. The van der Waals surface area contributed by atoms with Crippen molar-refractivity contribution in [2.45, 2.75) is 23.0 Å². The van der Waals surface area contributed by atoms with Gasteiger partial charge in [0.05, 0.1) is 4.11 Å². The van der Waals surface area contributed by atoms with Crippen molar-refractivity contribution in [3.05, 3.63) is 140 Å². The van der Waals surface area contributed by atoms with E-state index in [2.05, 4.69) is 27.6 Å². The number of fused-ring (bicyclic) bond motifs is 1. The Labute approximate surface area is 224 Å². The third kappa shape index (κ3) is 7.90. The number of aromatic nitrogens is 3. The van der Waals surface area contributed by atoms with Crippen molar-refractivity contribution < 1.29 is 29.7 Å². The number of nitrogens with zero attached hydrogens (tertiary/aromatic N) is 3. The van der Waals surface area contributed by atoms with E-state index in [1.54, 1.807) is 24.5 Å². The minimum Gasteiger partial charge on any atom is -0.351 e. The topological polar surface area (TPSA) is 38.7 Å². The number of allylic oxidation sites excluding steroid dienone is 1. The molecule has 0 aliphatic carbocycles. The maximum absolute atomic E-state index is 8.05. The van der Waals surface area contributed by atoms with Crippen LogP contribution in [0.25, 0.3) is 5.57 Å². The zero-order valence-corrected chi connectivity index (χ0v) is 20.7. The summed E-state index contributed by atoms with van der Waals surface area (Å²) in [7, 11) is 0. The molecule has 0 saturated carbocycles. The van der Waals surface area contributed by atoms with Crippen LogP contribution in [0.1, 0.15) is 32.5 Å². The van der Waals surface area contributed by atoms with E-state index >= 15 is 0 Å². The van der Waals surface area contributed by atoms with Crippen molar-refractivity contribution in [3.63, 3.8) is 0 Å². The van der Waals surface area contributed by atoms with E-state index in [1.165, 1.54) is 17.8 Å². The van der Waals surface area contributed by atoms with Gasteiger partial charge in [0.25, 0.3) is 0 Å². The molecule has 0 spiro atoms. The Balaban J connectivity index is 0.000000353. The van der Waals surface area contributed by atoms with Crippen LogP contribution < -0.4 is 0 Å². The first-order valence-electron chi connectivity index (χ1n) is 13.2. The molecule has 5 rings (SSSR count). The summed E-state index contributed by atoms with van der Waals surface area (Å²) in [6.07, 6.45) is 4.74. The molecule has 33 heavy (non-hydrogen) atoms. The Hall–Kier alpha value is -2.85. The standard InChI is InChI=1S/C17H15N2S.C6H5.C5H5N.Ir/c1-4-13-14-9-8-11(2)19-17(14)20-16(13)12(3)15-7-5-6-10-18-15;2*1-2-4-6-5-3-1;/h3-10,13,16H,1H2,2H3;2*1-5H;/q2*-1;;/i2D3,5D,6D,7D,10D;;;. The molecule has 5 heteroatoms. The van der Waals surface area contributed by atoms with Crippen molar-refractivity contribution in [3.8, 4) is 0 Å². The van der Waals surface area contributed by atoms with Gasteiger partial charge in [-0.2, -0.15) is 42.0 Å². The average molecular weight is 635 g/mol. The molecule has 0 N–H and O–H groups in total. The SMILES string of the molecule is [2H]c1nc(C(=[CH-])C2Sc3nc(C([2H])([2H])[2H])ccc3C2C=C)c([2H])c([2H])c1[2H].[Ir].[c-]1ccccc1.c1ccncc1. The number of benzene rings is 1. The second-order valence-electron chi connectivity index (χ2n) is 6.40. The van der Waals surface area contributed by atoms with Gasteiger partial charge in [-0.25, -0.2) is 4.98 Å². The van der Waals surface area contributed by atoms with E-state index in [4.69, 9.17) is 16.2 Å². The molecule has 4 heterocycles. The number of pyridine rings is 3. The quantitative estimate of drug-likeness (QED) is 0.188. The summed E-state index contributed by atoms with van der Waals surface area (Å²) in [6, 6.07) is 20.2. The van der Waals surface area contributed by atoms with Crippen molar-refractivity contribution >= 4 is 17.3 Å². The molecule has 3 aromatic heterocycles. The maximum atomic E-state index is 8.05. The molecule has 1 aliphatic heterocycles. The van der Waals surface area contributed by atoms with E-state index < -0.39 is 30.4 Å². The summed E-state index contributed by atoms with van der Waals surface area (Å²) in [6.45, 7) is 7.75. The predicted octanol–water partition coefficient (Wildman–Crippen LogP) is 6.61. The molecule has 0 amide bonds. The number of aryl methyl sites for hydroxylation is 1. The maximum Gasteiger partial charge on any atom is 0.101 e. The number of thioether (sulfide) groups is 1. The van der Waals surface area contributed by atoms with Gasteiger partial charge < -0.3 is 4.98 Å². The van der Waals surface area contributed by atoms with Crippen LogP contribution >= 0.6 is 11.8 Å². The van der Waals surface area contributed by atoms with Crippen molar-refractivity contribution in [1.29, 1.82) is 0 Å². The van der Waals surface area contributed by atoms with E-state index in [-0.39, 0.29) is 49.0 Å². The van der Waals surface area contributed by atoms with E-state index in [1.807, 2.05) is 48.5 Å². The molecule has 2 unspecified atom stereocenters. The van der Waals surface area contributed by atoms with Crippen LogP contribution in [0.3, 0.4) is 0 Å². The molecule has 2 atom stereocenters. The van der Waals surface area contributed by atoms with Crippen LogP contribution in [0.2, 0.25) is 0 Å². The fourth-order valence-corrected chi connectivity index (χ4v) is 4.19. The van der Waals surface area contributed by atoms with Crippen molar-refractivity contribution in [2.24, 2.45) is 0 Å². The Morgan fingerprint density at radius 2 is 1.91 bits per heavy atom. The fraction of sp³-hybridized carbons (Fsp3) is 0.107. The van der Waals surface area contributed by atoms with Gasteiger partial charge in [-0.05, 0) is 36.7 Å². The van der Waals surface area contributed by atoms with Gasteiger partial charge in [-0.15, -0.1) is 24.4 Å². The van der Waals surface area contributed by atoms with E-state index in [0.717, 1.165) is 5.56 Å². The Kier molecular flexibility index (Phi) is 7.64. The van der Waals surface area contributed by atoms with Gasteiger partial charge >= 0.3 is 0 Å². The average Bonchev–Trinajstić information content (AvgIpc) is 3.33. The van der Waals surface area contributed by atoms with Crippen LogP contribution in [0.5, 0.6) is 0 Å². The number of rotatable bonds is 3. The summed E-state index contributed by atoms with van der Waals surface area (Å²) in [4.78, 5) is 11.9. The van der Waals surface area contributed by atoms with Crippen molar-refractivity contribution in [1.82, 2.24) is 15.0 Å². The van der Waals surface area contributed by atoms with E-state index in [0.29, 0.717) is 5.03 Å². The first-order valence-corrected chi connectivity index (χ1v) is 10.6. The fourth-order valence-electron chi connectivity index (χ4n) is 2.82. The minimum atomic E-state index is -2.33.